The van der Waals surface area contributed by atoms with Crippen molar-refractivity contribution in [3.05, 3.63) is 23.8 Å². The van der Waals surface area contributed by atoms with Crippen molar-refractivity contribution in [1.82, 2.24) is 5.32 Å². The van der Waals surface area contributed by atoms with Gasteiger partial charge in [0, 0.05) is 0 Å². The fourth-order valence-corrected chi connectivity index (χ4v) is 1.50. The van der Waals surface area contributed by atoms with Crippen LogP contribution < -0.4 is 21.1 Å². The van der Waals surface area contributed by atoms with Crippen LogP contribution in [0.2, 0.25) is 0 Å². The second-order valence-corrected chi connectivity index (χ2v) is 5.16. The van der Waals surface area contributed by atoms with Gasteiger partial charge in [-0.2, -0.15) is 0 Å². The first kappa shape index (κ1) is 16.0. The Morgan fingerprint density at radius 1 is 1.35 bits per heavy atom. The number of nitrogens with one attached hydrogen (secondary N) is 2. The van der Waals surface area contributed by atoms with Crippen LogP contribution in [0, 0.1) is 6.92 Å². The third kappa shape index (κ3) is 4.55. The van der Waals surface area contributed by atoms with Crippen LogP contribution in [-0.2, 0) is 9.59 Å². The summed E-state index contributed by atoms with van der Waals surface area (Å²) in [7, 11) is 1.53. The number of anilines is 1. The lowest BCUT2D eigenvalue weighted by atomic mass is 10.1. The molecule has 1 aromatic rings. The molecule has 1 rings (SSSR count). The molecule has 1 aromatic carbocycles. The van der Waals surface area contributed by atoms with Gasteiger partial charge in [0.15, 0.2) is 0 Å². The predicted molar refractivity (Wildman–Crippen MR) is 77.6 cm³/mol. The van der Waals surface area contributed by atoms with Crippen molar-refractivity contribution in [2.75, 3.05) is 19.0 Å². The summed E-state index contributed by atoms with van der Waals surface area (Å²) >= 11 is 0. The standard InChI is InChI=1S/C14H21N3O3/c1-9-5-6-11(20-4)10(7-9)17-12(18)8-16-13(19)14(2,3)15/h5-7H,8,15H2,1-4H3,(H,16,19)(H,17,18). The summed E-state index contributed by atoms with van der Waals surface area (Å²) in [5, 5.41) is 5.17. The summed E-state index contributed by atoms with van der Waals surface area (Å²) in [5.41, 5.74) is 6.17. The largest absolute Gasteiger partial charge is 0.495 e. The van der Waals surface area contributed by atoms with Crippen molar-refractivity contribution in [2.24, 2.45) is 5.73 Å². The van der Waals surface area contributed by atoms with Gasteiger partial charge in [-0.3, -0.25) is 9.59 Å². The zero-order chi connectivity index (χ0) is 15.3. The normalized spacial score (nSPS) is 10.8. The number of benzene rings is 1. The maximum Gasteiger partial charge on any atom is 0.243 e. The van der Waals surface area contributed by atoms with E-state index in [0.717, 1.165) is 5.56 Å². The summed E-state index contributed by atoms with van der Waals surface area (Å²) in [6.45, 7) is 4.91. The van der Waals surface area contributed by atoms with Crippen molar-refractivity contribution >= 4 is 17.5 Å². The number of hydrogen-bond acceptors (Lipinski definition) is 4. The van der Waals surface area contributed by atoms with Crippen LogP contribution in [0.25, 0.3) is 0 Å². The minimum absolute atomic E-state index is 0.142. The summed E-state index contributed by atoms with van der Waals surface area (Å²) < 4.78 is 5.16. The molecule has 0 saturated carbocycles. The average Bonchev–Trinajstić information content (AvgIpc) is 2.35. The highest BCUT2D eigenvalue weighted by Crippen LogP contribution is 2.24. The molecule has 0 aromatic heterocycles. The van der Waals surface area contributed by atoms with Crippen LogP contribution >= 0.6 is 0 Å². The monoisotopic (exact) mass is 279 g/mol. The zero-order valence-electron chi connectivity index (χ0n) is 12.2. The molecule has 0 aliphatic carbocycles. The highest BCUT2D eigenvalue weighted by molar-refractivity contribution is 5.96. The molecule has 0 saturated heterocycles. The average molecular weight is 279 g/mol. The number of rotatable bonds is 5. The van der Waals surface area contributed by atoms with Crippen LogP contribution in [0.3, 0.4) is 0 Å². The molecular weight excluding hydrogens is 258 g/mol. The van der Waals surface area contributed by atoms with E-state index in [9.17, 15) is 9.59 Å². The molecule has 0 atom stereocenters. The number of methoxy groups -OCH3 is 1. The topological polar surface area (TPSA) is 93.5 Å². The quantitative estimate of drug-likeness (QED) is 0.743. The maximum absolute atomic E-state index is 11.8. The molecule has 6 heteroatoms. The Hall–Kier alpha value is -2.08. The Bertz CT molecular complexity index is 507. The molecule has 0 heterocycles. The molecule has 0 unspecified atom stereocenters. The van der Waals surface area contributed by atoms with E-state index in [1.54, 1.807) is 26.0 Å². The van der Waals surface area contributed by atoms with Gasteiger partial charge in [-0.05, 0) is 38.5 Å². The molecule has 0 fully saturated rings. The van der Waals surface area contributed by atoms with Crippen LogP contribution in [0.1, 0.15) is 19.4 Å². The Kier molecular flexibility index (Phi) is 5.10. The molecular formula is C14H21N3O3. The number of aryl methyl sites for hydroxylation is 1. The SMILES string of the molecule is COc1ccc(C)cc1NC(=O)CNC(=O)C(C)(C)N. The van der Waals surface area contributed by atoms with Crippen LogP contribution in [0.4, 0.5) is 5.69 Å². The molecule has 2 amide bonds. The first-order chi connectivity index (χ1) is 9.24. The Labute approximate surface area is 118 Å². The third-order valence-electron chi connectivity index (χ3n) is 2.62. The van der Waals surface area contributed by atoms with E-state index in [2.05, 4.69) is 10.6 Å². The highest BCUT2D eigenvalue weighted by atomic mass is 16.5. The van der Waals surface area contributed by atoms with E-state index in [1.807, 2.05) is 13.0 Å². The number of nitrogens with two attached hydrogens (primary N) is 1. The molecule has 0 bridgehead atoms. The number of ether oxygens (including phenoxy) is 1. The smallest absolute Gasteiger partial charge is 0.243 e. The fourth-order valence-electron chi connectivity index (χ4n) is 1.50. The molecule has 0 aliphatic rings. The van der Waals surface area contributed by atoms with Gasteiger partial charge >= 0.3 is 0 Å². The lowest BCUT2D eigenvalue weighted by Gasteiger charge is -2.17. The zero-order valence-corrected chi connectivity index (χ0v) is 12.2. The summed E-state index contributed by atoms with van der Waals surface area (Å²) in [6, 6.07) is 5.45. The second-order valence-electron chi connectivity index (χ2n) is 5.16. The van der Waals surface area contributed by atoms with Crippen molar-refractivity contribution in [1.29, 1.82) is 0 Å². The van der Waals surface area contributed by atoms with E-state index >= 15 is 0 Å². The molecule has 110 valence electrons. The molecule has 6 nitrogen and oxygen atoms in total. The maximum atomic E-state index is 11.8. The van der Waals surface area contributed by atoms with E-state index in [1.165, 1.54) is 7.11 Å². The summed E-state index contributed by atoms with van der Waals surface area (Å²) in [4.78, 5) is 23.4. The molecule has 20 heavy (non-hydrogen) atoms. The Balaban J connectivity index is 2.63. The van der Waals surface area contributed by atoms with Gasteiger partial charge in [-0.1, -0.05) is 6.07 Å². The minimum Gasteiger partial charge on any atom is -0.495 e. The first-order valence-corrected chi connectivity index (χ1v) is 6.25. The summed E-state index contributed by atoms with van der Waals surface area (Å²) in [6.07, 6.45) is 0. The van der Waals surface area contributed by atoms with Gasteiger partial charge in [0.05, 0.1) is 24.9 Å². The van der Waals surface area contributed by atoms with E-state index < -0.39 is 5.54 Å². The van der Waals surface area contributed by atoms with Crippen molar-refractivity contribution in [3.8, 4) is 5.75 Å². The fraction of sp³-hybridized carbons (Fsp3) is 0.429. The van der Waals surface area contributed by atoms with E-state index in [0.29, 0.717) is 11.4 Å². The van der Waals surface area contributed by atoms with Crippen molar-refractivity contribution in [3.63, 3.8) is 0 Å². The summed E-state index contributed by atoms with van der Waals surface area (Å²) in [5.74, 6) is -0.162. The van der Waals surface area contributed by atoms with Crippen molar-refractivity contribution < 1.29 is 14.3 Å². The molecule has 0 aliphatic heterocycles. The predicted octanol–water partition coefficient (Wildman–Crippen LogP) is 0.796. The van der Waals surface area contributed by atoms with E-state index in [-0.39, 0.29) is 18.4 Å². The number of carbonyl (C=O) groups excluding carboxylic acids is 2. The van der Waals surface area contributed by atoms with Crippen LogP contribution in [0.5, 0.6) is 5.75 Å². The van der Waals surface area contributed by atoms with Gasteiger partial charge in [0.25, 0.3) is 0 Å². The lowest BCUT2D eigenvalue weighted by Crippen LogP contribution is -2.50. The van der Waals surface area contributed by atoms with Gasteiger partial charge in [0.2, 0.25) is 11.8 Å². The van der Waals surface area contributed by atoms with Crippen molar-refractivity contribution in [2.45, 2.75) is 26.3 Å². The highest BCUT2D eigenvalue weighted by Gasteiger charge is 2.22. The minimum atomic E-state index is -1.01. The van der Waals surface area contributed by atoms with Gasteiger partial charge < -0.3 is 21.1 Å². The number of hydrogen-bond donors (Lipinski definition) is 3. The van der Waals surface area contributed by atoms with Gasteiger partial charge in [-0.25, -0.2) is 0 Å². The lowest BCUT2D eigenvalue weighted by molar-refractivity contribution is -0.127. The molecule has 0 radical (unpaired) electrons. The second kappa shape index (κ2) is 6.38. The Morgan fingerprint density at radius 3 is 2.55 bits per heavy atom. The van der Waals surface area contributed by atoms with Crippen LogP contribution in [0.15, 0.2) is 18.2 Å². The van der Waals surface area contributed by atoms with Crippen LogP contribution in [-0.4, -0.2) is 31.0 Å². The molecule has 4 N–H and O–H groups in total. The van der Waals surface area contributed by atoms with Gasteiger partial charge in [0.1, 0.15) is 5.75 Å². The van der Waals surface area contributed by atoms with Gasteiger partial charge in [-0.15, -0.1) is 0 Å². The Morgan fingerprint density at radius 2 is 2.00 bits per heavy atom. The molecule has 0 spiro atoms. The number of carbonyl (C=O) groups is 2. The van der Waals surface area contributed by atoms with E-state index in [4.69, 9.17) is 10.5 Å². The number of amides is 2. The first-order valence-electron chi connectivity index (χ1n) is 6.25. The third-order valence-corrected chi connectivity index (χ3v) is 2.62.